The maximum atomic E-state index is 13.4. The molecule has 0 atom stereocenters. The number of halogens is 1. The van der Waals surface area contributed by atoms with Gasteiger partial charge in [-0.2, -0.15) is 0 Å². The van der Waals surface area contributed by atoms with Crippen LogP contribution in [0.15, 0.2) is 18.2 Å². The third-order valence-electron chi connectivity index (χ3n) is 2.03. The summed E-state index contributed by atoms with van der Waals surface area (Å²) in [5.74, 6) is 0.0828. The predicted molar refractivity (Wildman–Crippen MR) is 55.3 cm³/mol. The second kappa shape index (κ2) is 5.34. The van der Waals surface area contributed by atoms with E-state index in [9.17, 15) is 9.18 Å². The van der Waals surface area contributed by atoms with Gasteiger partial charge in [-0.15, -0.1) is 0 Å². The number of carbonyl (C=O) groups is 1. The zero-order chi connectivity index (χ0) is 11.3. The third kappa shape index (κ3) is 3.58. The van der Waals surface area contributed by atoms with Crippen molar-refractivity contribution in [3.63, 3.8) is 0 Å². The van der Waals surface area contributed by atoms with Gasteiger partial charge in [-0.1, -0.05) is 6.07 Å². The molecule has 0 fully saturated rings. The van der Waals surface area contributed by atoms with E-state index in [-0.39, 0.29) is 11.7 Å². The van der Waals surface area contributed by atoms with Crippen LogP contribution in [0.3, 0.4) is 0 Å². The molecule has 1 aromatic carbocycles. The van der Waals surface area contributed by atoms with Crippen molar-refractivity contribution in [2.24, 2.45) is 0 Å². The fraction of sp³-hybridized carbons (Fsp3) is 0.364. The minimum Gasteiger partial charge on any atom is -0.497 e. The lowest BCUT2D eigenvalue weighted by atomic mass is 10.1. The number of amides is 1. The Labute approximate surface area is 88.2 Å². The lowest BCUT2D eigenvalue weighted by Gasteiger charge is -2.05. The summed E-state index contributed by atoms with van der Waals surface area (Å²) in [6.45, 7) is 1.88. The van der Waals surface area contributed by atoms with Gasteiger partial charge in [-0.25, -0.2) is 4.39 Å². The lowest BCUT2D eigenvalue weighted by Crippen LogP contribution is -2.22. The van der Waals surface area contributed by atoms with Crippen molar-refractivity contribution in [1.29, 1.82) is 0 Å². The maximum absolute atomic E-state index is 13.4. The highest BCUT2D eigenvalue weighted by molar-refractivity contribution is 5.72. The van der Waals surface area contributed by atoms with E-state index in [0.717, 1.165) is 0 Å². The van der Waals surface area contributed by atoms with Crippen LogP contribution in [-0.2, 0) is 11.2 Å². The van der Waals surface area contributed by atoms with Crippen LogP contribution in [0.4, 0.5) is 4.39 Å². The van der Waals surface area contributed by atoms with E-state index in [4.69, 9.17) is 4.74 Å². The maximum Gasteiger partial charge on any atom is 0.216 e. The number of hydrogen-bond acceptors (Lipinski definition) is 2. The van der Waals surface area contributed by atoms with Crippen LogP contribution in [0.25, 0.3) is 0 Å². The van der Waals surface area contributed by atoms with Crippen molar-refractivity contribution in [2.45, 2.75) is 13.3 Å². The number of ether oxygens (including phenoxy) is 1. The average molecular weight is 211 g/mol. The first-order valence-electron chi connectivity index (χ1n) is 4.70. The number of carbonyl (C=O) groups excluding carboxylic acids is 1. The first kappa shape index (κ1) is 11.5. The van der Waals surface area contributed by atoms with Gasteiger partial charge in [0.25, 0.3) is 0 Å². The summed E-state index contributed by atoms with van der Waals surface area (Å²) < 4.78 is 18.3. The van der Waals surface area contributed by atoms with Crippen LogP contribution in [0.5, 0.6) is 5.75 Å². The van der Waals surface area contributed by atoms with E-state index >= 15 is 0 Å². The molecule has 1 N–H and O–H groups in total. The second-order valence-electron chi connectivity index (χ2n) is 3.19. The third-order valence-corrected chi connectivity index (χ3v) is 2.03. The largest absolute Gasteiger partial charge is 0.497 e. The lowest BCUT2D eigenvalue weighted by molar-refractivity contribution is -0.118. The Balaban J connectivity index is 2.58. The summed E-state index contributed by atoms with van der Waals surface area (Å²) in [6, 6.07) is 4.70. The zero-order valence-electron chi connectivity index (χ0n) is 8.84. The highest BCUT2D eigenvalue weighted by Crippen LogP contribution is 2.16. The second-order valence-corrected chi connectivity index (χ2v) is 3.19. The van der Waals surface area contributed by atoms with Crippen molar-refractivity contribution in [3.8, 4) is 5.75 Å². The molecule has 3 nitrogen and oxygen atoms in total. The van der Waals surface area contributed by atoms with Crippen LogP contribution >= 0.6 is 0 Å². The van der Waals surface area contributed by atoms with Gasteiger partial charge < -0.3 is 10.1 Å². The standard InChI is InChI=1S/C11H14FNO2/c1-8(14)13-6-5-9-3-4-10(15-2)7-11(9)12/h3-4,7H,5-6H2,1-2H3,(H,13,14). The van der Waals surface area contributed by atoms with Crippen molar-refractivity contribution < 1.29 is 13.9 Å². The Morgan fingerprint density at radius 1 is 1.53 bits per heavy atom. The number of methoxy groups -OCH3 is 1. The molecule has 0 heterocycles. The average Bonchev–Trinajstić information content (AvgIpc) is 2.20. The highest BCUT2D eigenvalue weighted by atomic mass is 19.1. The molecule has 0 aliphatic rings. The molecule has 1 aromatic rings. The molecule has 4 heteroatoms. The molecule has 0 spiro atoms. The van der Waals surface area contributed by atoms with Crippen LogP contribution in [0.1, 0.15) is 12.5 Å². The monoisotopic (exact) mass is 211 g/mol. The minimum atomic E-state index is -0.306. The van der Waals surface area contributed by atoms with E-state index in [1.807, 2.05) is 0 Å². The summed E-state index contributed by atoms with van der Waals surface area (Å²) in [7, 11) is 1.49. The highest BCUT2D eigenvalue weighted by Gasteiger charge is 2.03. The Morgan fingerprint density at radius 3 is 2.80 bits per heavy atom. The Hall–Kier alpha value is -1.58. The molecule has 82 valence electrons. The van der Waals surface area contributed by atoms with E-state index in [1.54, 1.807) is 12.1 Å². The topological polar surface area (TPSA) is 38.3 Å². The fourth-order valence-electron chi connectivity index (χ4n) is 1.23. The van der Waals surface area contributed by atoms with Crippen molar-refractivity contribution in [1.82, 2.24) is 5.32 Å². The molecule has 0 saturated carbocycles. The van der Waals surface area contributed by atoms with Crippen molar-refractivity contribution >= 4 is 5.91 Å². The van der Waals surface area contributed by atoms with Crippen molar-refractivity contribution in [3.05, 3.63) is 29.6 Å². The Morgan fingerprint density at radius 2 is 2.27 bits per heavy atom. The van der Waals surface area contributed by atoms with Gasteiger partial charge in [0, 0.05) is 19.5 Å². The summed E-state index contributed by atoms with van der Waals surface area (Å²) in [6.07, 6.45) is 0.482. The molecule has 0 aliphatic carbocycles. The molecular formula is C11H14FNO2. The number of hydrogen-bond donors (Lipinski definition) is 1. The molecule has 0 aromatic heterocycles. The number of rotatable bonds is 4. The summed E-state index contributed by atoms with van der Waals surface area (Å²) in [4.78, 5) is 10.6. The van der Waals surface area contributed by atoms with Gasteiger partial charge in [0.15, 0.2) is 0 Å². The molecular weight excluding hydrogens is 197 g/mol. The van der Waals surface area contributed by atoms with Crippen LogP contribution in [0, 0.1) is 5.82 Å². The quantitative estimate of drug-likeness (QED) is 0.819. The molecule has 1 amide bonds. The van der Waals surface area contributed by atoms with E-state index < -0.39 is 0 Å². The van der Waals surface area contributed by atoms with Gasteiger partial charge in [0.2, 0.25) is 5.91 Å². The molecule has 0 aliphatic heterocycles. The molecule has 15 heavy (non-hydrogen) atoms. The Bertz CT molecular complexity index is 352. The number of benzene rings is 1. The summed E-state index contributed by atoms with van der Waals surface area (Å²) >= 11 is 0. The van der Waals surface area contributed by atoms with E-state index in [0.29, 0.717) is 24.3 Å². The molecule has 0 radical (unpaired) electrons. The van der Waals surface area contributed by atoms with E-state index in [2.05, 4.69) is 5.32 Å². The molecule has 0 bridgehead atoms. The predicted octanol–water partition coefficient (Wildman–Crippen LogP) is 1.51. The smallest absolute Gasteiger partial charge is 0.216 e. The van der Waals surface area contributed by atoms with Crippen molar-refractivity contribution in [2.75, 3.05) is 13.7 Å². The summed E-state index contributed by atoms with van der Waals surface area (Å²) in [5, 5.41) is 2.61. The van der Waals surface area contributed by atoms with Crippen LogP contribution < -0.4 is 10.1 Å². The van der Waals surface area contributed by atoms with Gasteiger partial charge >= 0.3 is 0 Å². The van der Waals surface area contributed by atoms with Crippen LogP contribution in [0.2, 0.25) is 0 Å². The SMILES string of the molecule is COc1ccc(CCNC(C)=O)c(F)c1. The summed E-state index contributed by atoms with van der Waals surface area (Å²) in [5.41, 5.74) is 0.574. The molecule has 0 unspecified atom stereocenters. The Kier molecular flexibility index (Phi) is 4.09. The van der Waals surface area contributed by atoms with Gasteiger partial charge in [0.1, 0.15) is 11.6 Å². The van der Waals surface area contributed by atoms with E-state index in [1.165, 1.54) is 20.1 Å². The van der Waals surface area contributed by atoms with Crippen LogP contribution in [-0.4, -0.2) is 19.6 Å². The number of nitrogens with one attached hydrogen (secondary N) is 1. The van der Waals surface area contributed by atoms with Gasteiger partial charge in [-0.05, 0) is 18.1 Å². The first-order valence-corrected chi connectivity index (χ1v) is 4.70. The minimum absolute atomic E-state index is 0.107. The van der Waals surface area contributed by atoms with Gasteiger partial charge in [-0.3, -0.25) is 4.79 Å². The fourth-order valence-corrected chi connectivity index (χ4v) is 1.23. The molecule has 1 rings (SSSR count). The zero-order valence-corrected chi connectivity index (χ0v) is 8.84. The normalized spacial score (nSPS) is 9.80. The molecule has 0 saturated heterocycles. The van der Waals surface area contributed by atoms with Gasteiger partial charge in [0.05, 0.1) is 7.11 Å². The first-order chi connectivity index (χ1) is 7.13.